The van der Waals surface area contributed by atoms with Crippen LogP contribution in [0.2, 0.25) is 0 Å². The molecule has 0 radical (unpaired) electrons. The van der Waals surface area contributed by atoms with Crippen molar-refractivity contribution in [1.82, 2.24) is 9.88 Å². The number of benzene rings is 3. The Labute approximate surface area is 215 Å². The van der Waals surface area contributed by atoms with Crippen molar-refractivity contribution >= 4 is 33.4 Å². The molecule has 2 aliphatic heterocycles. The third-order valence-corrected chi connectivity index (χ3v) is 7.63. The summed E-state index contributed by atoms with van der Waals surface area (Å²) in [5, 5.41) is 13.8. The van der Waals surface area contributed by atoms with Gasteiger partial charge in [-0.05, 0) is 41.8 Å². The summed E-state index contributed by atoms with van der Waals surface area (Å²) in [5.74, 6) is -3.23. The van der Waals surface area contributed by atoms with E-state index in [2.05, 4.69) is 5.32 Å². The van der Waals surface area contributed by atoms with E-state index < -0.39 is 36.6 Å². The second-order valence-corrected chi connectivity index (χ2v) is 9.68. The molecule has 38 heavy (non-hydrogen) atoms. The molecule has 4 aromatic rings. The Balaban J connectivity index is 1.83. The number of hydrogen-bond acceptors (Lipinski definition) is 4. The van der Waals surface area contributed by atoms with E-state index in [0.29, 0.717) is 44.9 Å². The second-order valence-electron chi connectivity index (χ2n) is 9.68. The van der Waals surface area contributed by atoms with E-state index in [1.807, 2.05) is 11.5 Å². The lowest BCUT2D eigenvalue weighted by atomic mass is 9.91. The first kappa shape index (κ1) is 24.7. The Morgan fingerprint density at radius 3 is 2.50 bits per heavy atom. The van der Waals surface area contributed by atoms with E-state index in [9.17, 15) is 27.5 Å². The smallest absolute Gasteiger partial charge is 0.252 e. The molecule has 0 fully saturated rings. The first-order valence-corrected chi connectivity index (χ1v) is 12.4. The van der Waals surface area contributed by atoms with Gasteiger partial charge in [0.1, 0.15) is 24.9 Å². The lowest BCUT2D eigenvalue weighted by Gasteiger charge is -2.36. The fraction of sp³-hybridized carbons (Fsp3) is 0.321. The van der Waals surface area contributed by atoms with Crippen LogP contribution in [-0.2, 0) is 18.0 Å². The van der Waals surface area contributed by atoms with Crippen LogP contribution in [0.3, 0.4) is 0 Å². The molecular formula is C28H25F4N3O3. The van der Waals surface area contributed by atoms with E-state index in [0.717, 1.165) is 12.1 Å². The number of anilines is 1. The molecule has 10 heteroatoms. The molecule has 1 amide bonds. The van der Waals surface area contributed by atoms with Crippen molar-refractivity contribution in [2.45, 2.75) is 45.4 Å². The Morgan fingerprint density at radius 2 is 1.79 bits per heavy atom. The number of amides is 1. The molecule has 2 bridgehead atoms. The summed E-state index contributed by atoms with van der Waals surface area (Å²) in [6.45, 7) is 0.809. The van der Waals surface area contributed by atoms with Gasteiger partial charge in [-0.15, -0.1) is 0 Å². The molecule has 1 aromatic heterocycles. The van der Waals surface area contributed by atoms with E-state index in [1.165, 1.54) is 12.1 Å². The number of aliphatic hydroxyl groups excluding tert-OH is 1. The molecule has 3 aromatic carbocycles. The first-order valence-electron chi connectivity index (χ1n) is 12.4. The van der Waals surface area contributed by atoms with Crippen LogP contribution in [0.5, 0.6) is 0 Å². The predicted octanol–water partition coefficient (Wildman–Crippen LogP) is 5.68. The van der Waals surface area contributed by atoms with E-state index in [-0.39, 0.29) is 42.3 Å². The highest BCUT2D eigenvalue weighted by Gasteiger charge is 2.34. The van der Waals surface area contributed by atoms with Crippen LogP contribution in [0.15, 0.2) is 30.3 Å². The van der Waals surface area contributed by atoms with Crippen molar-refractivity contribution in [3.63, 3.8) is 0 Å². The van der Waals surface area contributed by atoms with Crippen molar-refractivity contribution in [3.8, 4) is 11.1 Å². The number of aliphatic hydroxyl groups is 1. The number of nitrogens with one attached hydrogen (secondary N) is 1. The number of nitrogens with zero attached hydrogens (tertiary/aromatic N) is 2. The van der Waals surface area contributed by atoms with Crippen LogP contribution in [0, 0.1) is 17.5 Å². The van der Waals surface area contributed by atoms with Crippen LogP contribution < -0.4 is 10.2 Å². The van der Waals surface area contributed by atoms with Gasteiger partial charge in [-0.25, -0.2) is 17.6 Å². The number of alkyl halides is 1. The van der Waals surface area contributed by atoms with Crippen molar-refractivity contribution in [3.05, 3.63) is 64.5 Å². The van der Waals surface area contributed by atoms with Crippen molar-refractivity contribution in [2.24, 2.45) is 0 Å². The topological polar surface area (TPSA) is 66.7 Å². The SMILES string of the molecule is CC[C@H]1O[C@@H](CCO)N(C)c2cc(F)c(F)cc2-c2cc3c(c4c2C(=O)NC4)c2cc(CF)c(F)cc2n31. The van der Waals surface area contributed by atoms with E-state index >= 15 is 0 Å². The molecule has 0 saturated heterocycles. The maximum Gasteiger partial charge on any atom is 0.252 e. The van der Waals surface area contributed by atoms with Gasteiger partial charge in [0.15, 0.2) is 11.6 Å². The molecule has 6 rings (SSSR count). The summed E-state index contributed by atoms with van der Waals surface area (Å²) in [5.41, 5.74) is 2.81. The summed E-state index contributed by atoms with van der Waals surface area (Å²) in [6, 6.07) is 6.55. The third-order valence-electron chi connectivity index (χ3n) is 7.63. The quantitative estimate of drug-likeness (QED) is 0.336. The van der Waals surface area contributed by atoms with Gasteiger partial charge in [0.25, 0.3) is 5.91 Å². The average Bonchev–Trinajstić information content (AvgIpc) is 3.43. The van der Waals surface area contributed by atoms with Gasteiger partial charge in [0.2, 0.25) is 0 Å². The molecule has 198 valence electrons. The number of halogens is 4. The zero-order chi connectivity index (χ0) is 26.9. The monoisotopic (exact) mass is 527 g/mol. The minimum absolute atomic E-state index is 0.106. The molecule has 2 N–H and O–H groups in total. The Bertz CT molecular complexity index is 1630. The van der Waals surface area contributed by atoms with Gasteiger partial charge in [-0.2, -0.15) is 0 Å². The van der Waals surface area contributed by atoms with Gasteiger partial charge in [0.05, 0.1) is 16.6 Å². The standard InChI is InChI=1S/C28H25F4N3O3/c1-3-24-35-22-9-18(30)13(11-29)6-16(22)26-17-12-33-28(37)27(17)15(8-23(26)35)14-7-19(31)20(32)10-21(14)34(2)25(38-24)4-5-36/h6-10,24-25,36H,3-5,11-12H2,1-2H3,(H,33,37)/t24-,25+/m1/s1. The Hall–Kier alpha value is -3.63. The van der Waals surface area contributed by atoms with Gasteiger partial charge >= 0.3 is 0 Å². The maximum absolute atomic E-state index is 14.9. The molecule has 0 unspecified atom stereocenters. The number of hydrogen-bond donors (Lipinski definition) is 2. The molecule has 2 atom stereocenters. The predicted molar refractivity (Wildman–Crippen MR) is 135 cm³/mol. The zero-order valence-electron chi connectivity index (χ0n) is 20.7. The van der Waals surface area contributed by atoms with Crippen LogP contribution in [0.25, 0.3) is 32.9 Å². The lowest BCUT2D eigenvalue weighted by Crippen LogP contribution is -2.37. The maximum atomic E-state index is 14.9. The number of aromatic nitrogens is 1. The lowest BCUT2D eigenvalue weighted by molar-refractivity contribution is -0.0586. The number of ether oxygens (including phenoxy) is 1. The first-order chi connectivity index (χ1) is 18.3. The van der Waals surface area contributed by atoms with E-state index in [1.54, 1.807) is 18.0 Å². The highest BCUT2D eigenvalue weighted by atomic mass is 19.2. The summed E-state index contributed by atoms with van der Waals surface area (Å²) < 4.78 is 66.2. The average molecular weight is 528 g/mol. The third kappa shape index (κ3) is 3.43. The molecule has 0 saturated carbocycles. The van der Waals surface area contributed by atoms with Gasteiger partial charge in [-0.3, -0.25) is 4.79 Å². The summed E-state index contributed by atoms with van der Waals surface area (Å²) in [7, 11) is 1.64. The normalized spacial score (nSPS) is 18.8. The minimum atomic E-state index is -1.08. The second kappa shape index (κ2) is 8.99. The summed E-state index contributed by atoms with van der Waals surface area (Å²) in [4.78, 5) is 14.8. The Morgan fingerprint density at radius 1 is 1.03 bits per heavy atom. The summed E-state index contributed by atoms with van der Waals surface area (Å²) >= 11 is 0. The fourth-order valence-corrected chi connectivity index (χ4v) is 5.85. The van der Waals surface area contributed by atoms with Crippen LogP contribution >= 0.6 is 0 Å². The number of carbonyl (C=O) groups is 1. The van der Waals surface area contributed by atoms with Crippen LogP contribution in [-0.4, -0.2) is 35.5 Å². The molecule has 0 aliphatic carbocycles. The van der Waals surface area contributed by atoms with Crippen LogP contribution in [0.4, 0.5) is 23.2 Å². The Kier molecular flexibility index (Phi) is 5.84. The highest BCUT2D eigenvalue weighted by molar-refractivity contribution is 6.18. The van der Waals surface area contributed by atoms with E-state index in [4.69, 9.17) is 4.74 Å². The molecule has 3 heterocycles. The van der Waals surface area contributed by atoms with Gasteiger partial charge in [-0.1, -0.05) is 6.92 Å². The van der Waals surface area contributed by atoms with Crippen molar-refractivity contribution < 1.29 is 32.2 Å². The van der Waals surface area contributed by atoms with Crippen molar-refractivity contribution in [1.29, 1.82) is 0 Å². The zero-order valence-corrected chi connectivity index (χ0v) is 20.7. The summed E-state index contributed by atoms with van der Waals surface area (Å²) in [6.07, 6.45) is -0.856. The fourth-order valence-electron chi connectivity index (χ4n) is 5.85. The highest BCUT2D eigenvalue weighted by Crippen LogP contribution is 2.46. The molecular weight excluding hydrogens is 502 g/mol. The minimum Gasteiger partial charge on any atom is -0.396 e. The number of fused-ring (bicyclic) bond motifs is 9. The molecule has 2 aliphatic rings. The van der Waals surface area contributed by atoms with Gasteiger partial charge < -0.3 is 24.6 Å². The van der Waals surface area contributed by atoms with Crippen molar-refractivity contribution in [2.75, 3.05) is 18.6 Å². The molecule has 0 spiro atoms. The van der Waals surface area contributed by atoms with Gasteiger partial charge in [0, 0.05) is 60.3 Å². The molecule has 6 nitrogen and oxygen atoms in total. The number of carbonyl (C=O) groups excluding carboxylic acids is 1. The van der Waals surface area contributed by atoms with Crippen LogP contribution in [0.1, 0.15) is 47.5 Å². The largest absolute Gasteiger partial charge is 0.396 e. The number of rotatable bonds is 4.